The first-order valence-electron chi connectivity index (χ1n) is 5.64. The standard InChI is InChI=1S/C13H17NO3/c1-3-12(15)14-11-6-4-9(2)8-10(11)5-7-13(16)17/h4,6,8H,3,5,7H2,1-2H3,(H,14,15)(H,16,17). The number of carbonyl (C=O) groups is 2. The Kier molecular flexibility index (Phi) is 4.69. The van der Waals surface area contributed by atoms with Crippen molar-refractivity contribution in [3.63, 3.8) is 0 Å². The summed E-state index contributed by atoms with van der Waals surface area (Å²) in [5.74, 6) is -0.898. The summed E-state index contributed by atoms with van der Waals surface area (Å²) >= 11 is 0. The molecular weight excluding hydrogens is 218 g/mol. The fourth-order valence-corrected chi connectivity index (χ4v) is 1.53. The molecule has 1 amide bonds. The second-order valence-corrected chi connectivity index (χ2v) is 3.96. The van der Waals surface area contributed by atoms with E-state index < -0.39 is 5.97 Å². The number of nitrogens with one attached hydrogen (secondary N) is 1. The number of carboxylic acid groups (broad SMARTS) is 1. The lowest BCUT2D eigenvalue weighted by molar-refractivity contribution is -0.136. The van der Waals surface area contributed by atoms with Crippen LogP contribution in [-0.2, 0) is 16.0 Å². The summed E-state index contributed by atoms with van der Waals surface area (Å²) in [6.07, 6.45) is 0.904. The van der Waals surface area contributed by atoms with Gasteiger partial charge in [-0.3, -0.25) is 9.59 Å². The van der Waals surface area contributed by atoms with Crippen molar-refractivity contribution in [1.29, 1.82) is 0 Å². The van der Waals surface area contributed by atoms with Crippen LogP contribution in [0.1, 0.15) is 30.9 Å². The van der Waals surface area contributed by atoms with Crippen molar-refractivity contribution < 1.29 is 14.7 Å². The van der Waals surface area contributed by atoms with Gasteiger partial charge < -0.3 is 10.4 Å². The number of hydrogen-bond acceptors (Lipinski definition) is 2. The van der Waals surface area contributed by atoms with Gasteiger partial charge in [0.15, 0.2) is 0 Å². The molecular formula is C13H17NO3. The van der Waals surface area contributed by atoms with Crippen LogP contribution < -0.4 is 5.32 Å². The third-order valence-electron chi connectivity index (χ3n) is 2.46. The minimum atomic E-state index is -0.834. The number of hydrogen-bond donors (Lipinski definition) is 2. The zero-order valence-electron chi connectivity index (χ0n) is 10.1. The van der Waals surface area contributed by atoms with Crippen molar-refractivity contribution in [2.24, 2.45) is 0 Å². The van der Waals surface area contributed by atoms with Crippen LogP contribution in [0, 0.1) is 6.92 Å². The molecule has 0 bridgehead atoms. The number of anilines is 1. The minimum Gasteiger partial charge on any atom is -0.481 e. The number of amides is 1. The lowest BCUT2D eigenvalue weighted by Crippen LogP contribution is -2.12. The molecule has 0 atom stereocenters. The molecule has 0 aromatic heterocycles. The smallest absolute Gasteiger partial charge is 0.303 e. The SMILES string of the molecule is CCC(=O)Nc1ccc(C)cc1CCC(=O)O. The van der Waals surface area contributed by atoms with Gasteiger partial charge in [0.1, 0.15) is 0 Å². The molecule has 0 saturated heterocycles. The van der Waals surface area contributed by atoms with Crippen molar-refractivity contribution in [3.8, 4) is 0 Å². The second-order valence-electron chi connectivity index (χ2n) is 3.96. The van der Waals surface area contributed by atoms with E-state index in [1.165, 1.54) is 0 Å². The second kappa shape index (κ2) is 6.03. The topological polar surface area (TPSA) is 66.4 Å². The van der Waals surface area contributed by atoms with Crippen LogP contribution >= 0.6 is 0 Å². The van der Waals surface area contributed by atoms with E-state index in [1.54, 1.807) is 6.92 Å². The Morgan fingerprint density at radius 3 is 2.65 bits per heavy atom. The number of carboxylic acids is 1. The molecule has 1 rings (SSSR count). The van der Waals surface area contributed by atoms with E-state index >= 15 is 0 Å². The average Bonchev–Trinajstić information content (AvgIpc) is 2.29. The van der Waals surface area contributed by atoms with Crippen molar-refractivity contribution in [2.75, 3.05) is 5.32 Å². The Morgan fingerprint density at radius 1 is 1.35 bits per heavy atom. The largest absolute Gasteiger partial charge is 0.481 e. The molecule has 4 heteroatoms. The molecule has 0 aliphatic carbocycles. The van der Waals surface area contributed by atoms with Crippen LogP contribution in [0.3, 0.4) is 0 Å². The highest BCUT2D eigenvalue weighted by molar-refractivity contribution is 5.91. The van der Waals surface area contributed by atoms with E-state index in [0.717, 1.165) is 11.1 Å². The number of carbonyl (C=O) groups excluding carboxylic acids is 1. The van der Waals surface area contributed by atoms with Gasteiger partial charge in [0.05, 0.1) is 0 Å². The summed E-state index contributed by atoms with van der Waals surface area (Å²) in [7, 11) is 0. The van der Waals surface area contributed by atoms with Gasteiger partial charge in [-0.05, 0) is 25.0 Å². The highest BCUT2D eigenvalue weighted by atomic mass is 16.4. The maximum Gasteiger partial charge on any atom is 0.303 e. The van der Waals surface area contributed by atoms with E-state index in [-0.39, 0.29) is 12.3 Å². The van der Waals surface area contributed by atoms with Crippen LogP contribution in [0.4, 0.5) is 5.69 Å². The zero-order valence-corrected chi connectivity index (χ0v) is 10.1. The van der Waals surface area contributed by atoms with Gasteiger partial charge in [-0.25, -0.2) is 0 Å². The fourth-order valence-electron chi connectivity index (χ4n) is 1.53. The summed E-state index contributed by atoms with van der Waals surface area (Å²) in [6, 6.07) is 5.63. The fraction of sp³-hybridized carbons (Fsp3) is 0.385. The monoisotopic (exact) mass is 235 g/mol. The summed E-state index contributed by atoms with van der Waals surface area (Å²) in [5, 5.41) is 11.5. The van der Waals surface area contributed by atoms with Gasteiger partial charge in [-0.2, -0.15) is 0 Å². The summed E-state index contributed by atoms with van der Waals surface area (Å²) < 4.78 is 0. The van der Waals surface area contributed by atoms with E-state index in [0.29, 0.717) is 18.5 Å². The quantitative estimate of drug-likeness (QED) is 0.823. The molecule has 92 valence electrons. The van der Waals surface area contributed by atoms with E-state index in [9.17, 15) is 9.59 Å². The molecule has 2 N–H and O–H groups in total. The zero-order chi connectivity index (χ0) is 12.8. The van der Waals surface area contributed by atoms with Gasteiger partial charge >= 0.3 is 5.97 Å². The third-order valence-corrected chi connectivity index (χ3v) is 2.46. The van der Waals surface area contributed by atoms with Gasteiger partial charge in [-0.1, -0.05) is 24.6 Å². The van der Waals surface area contributed by atoms with Crippen LogP contribution in [-0.4, -0.2) is 17.0 Å². The average molecular weight is 235 g/mol. The predicted molar refractivity (Wildman–Crippen MR) is 66.1 cm³/mol. The van der Waals surface area contributed by atoms with Gasteiger partial charge in [0, 0.05) is 18.5 Å². The summed E-state index contributed by atoms with van der Waals surface area (Å²) in [6.45, 7) is 3.72. The van der Waals surface area contributed by atoms with Gasteiger partial charge in [0.25, 0.3) is 0 Å². The van der Waals surface area contributed by atoms with Crippen molar-refractivity contribution >= 4 is 17.6 Å². The predicted octanol–water partition coefficient (Wildman–Crippen LogP) is 2.36. The van der Waals surface area contributed by atoms with Crippen LogP contribution in [0.25, 0.3) is 0 Å². The van der Waals surface area contributed by atoms with Crippen molar-refractivity contribution in [2.45, 2.75) is 33.1 Å². The lowest BCUT2D eigenvalue weighted by Gasteiger charge is -2.10. The molecule has 17 heavy (non-hydrogen) atoms. The Morgan fingerprint density at radius 2 is 2.06 bits per heavy atom. The van der Waals surface area contributed by atoms with E-state index in [4.69, 9.17) is 5.11 Å². The lowest BCUT2D eigenvalue weighted by atomic mass is 10.0. The third kappa shape index (κ3) is 4.26. The first kappa shape index (κ1) is 13.2. The molecule has 0 saturated carbocycles. The maximum absolute atomic E-state index is 11.3. The van der Waals surface area contributed by atoms with Gasteiger partial charge in [0.2, 0.25) is 5.91 Å². The minimum absolute atomic E-state index is 0.0644. The number of aliphatic carboxylic acids is 1. The van der Waals surface area contributed by atoms with Gasteiger partial charge in [-0.15, -0.1) is 0 Å². The first-order valence-corrected chi connectivity index (χ1v) is 5.64. The summed E-state index contributed by atoms with van der Waals surface area (Å²) in [4.78, 5) is 21.9. The first-order chi connectivity index (χ1) is 8.02. The highest BCUT2D eigenvalue weighted by Crippen LogP contribution is 2.19. The molecule has 0 aliphatic heterocycles. The van der Waals surface area contributed by atoms with Crippen LogP contribution in [0.2, 0.25) is 0 Å². The van der Waals surface area contributed by atoms with E-state index in [2.05, 4.69) is 5.32 Å². The van der Waals surface area contributed by atoms with Crippen molar-refractivity contribution in [1.82, 2.24) is 0 Å². The molecule has 0 heterocycles. The molecule has 0 spiro atoms. The molecule has 0 fully saturated rings. The normalized spacial score (nSPS) is 10.0. The number of aryl methyl sites for hydroxylation is 2. The highest BCUT2D eigenvalue weighted by Gasteiger charge is 2.07. The molecule has 0 radical (unpaired) electrons. The van der Waals surface area contributed by atoms with Crippen LogP contribution in [0.5, 0.6) is 0 Å². The summed E-state index contributed by atoms with van der Waals surface area (Å²) in [5.41, 5.74) is 2.64. The Balaban J connectivity index is 2.87. The Labute approximate surface area is 101 Å². The number of rotatable bonds is 5. The molecule has 0 aliphatic rings. The Hall–Kier alpha value is -1.84. The van der Waals surface area contributed by atoms with E-state index in [1.807, 2.05) is 25.1 Å². The number of benzene rings is 1. The van der Waals surface area contributed by atoms with Crippen LogP contribution in [0.15, 0.2) is 18.2 Å². The Bertz CT molecular complexity index is 427. The molecule has 1 aromatic rings. The molecule has 1 aromatic carbocycles. The van der Waals surface area contributed by atoms with Crippen molar-refractivity contribution in [3.05, 3.63) is 29.3 Å². The maximum atomic E-state index is 11.3. The molecule has 0 unspecified atom stereocenters. The molecule has 4 nitrogen and oxygen atoms in total.